The van der Waals surface area contributed by atoms with E-state index in [1.54, 1.807) is 30.3 Å². The van der Waals surface area contributed by atoms with Gasteiger partial charge in [0.25, 0.3) is 5.91 Å². The van der Waals surface area contributed by atoms with Gasteiger partial charge >= 0.3 is 0 Å². The van der Waals surface area contributed by atoms with Crippen LogP contribution in [0.25, 0.3) is 0 Å². The van der Waals surface area contributed by atoms with Gasteiger partial charge in [0, 0.05) is 5.56 Å². The highest BCUT2D eigenvalue weighted by Crippen LogP contribution is 2.13. The molecule has 0 heterocycles. The number of nitrogens with one attached hydrogen (secondary N) is 1. The van der Waals surface area contributed by atoms with E-state index >= 15 is 0 Å². The molecule has 0 aliphatic carbocycles. The maximum absolute atomic E-state index is 12.4. The lowest BCUT2D eigenvalue weighted by molar-refractivity contribution is 0.0954. The topological polar surface area (TPSA) is 50.7 Å². The van der Waals surface area contributed by atoms with E-state index in [1.165, 1.54) is 0 Å². The van der Waals surface area contributed by atoms with Crippen molar-refractivity contribution in [3.63, 3.8) is 0 Å². The van der Waals surface area contributed by atoms with Gasteiger partial charge < -0.3 is 4.74 Å². The molecule has 2 aromatic rings. The molecule has 1 amide bonds. The molecule has 0 unspecified atom stereocenters. The van der Waals surface area contributed by atoms with Crippen LogP contribution in [0.1, 0.15) is 48.5 Å². The van der Waals surface area contributed by atoms with E-state index < -0.39 is 0 Å². The Bertz CT molecular complexity index is 722. The molecule has 2 aromatic carbocycles. The summed E-state index contributed by atoms with van der Waals surface area (Å²) < 4.78 is 5.42. The van der Waals surface area contributed by atoms with E-state index in [-0.39, 0.29) is 5.91 Å². The maximum Gasteiger partial charge on any atom is 0.271 e. The van der Waals surface area contributed by atoms with Crippen molar-refractivity contribution < 1.29 is 9.53 Å². The third-order valence-corrected chi connectivity index (χ3v) is 3.90. The molecule has 0 aliphatic rings. The van der Waals surface area contributed by atoms with Crippen molar-refractivity contribution in [1.82, 2.24) is 5.43 Å². The largest absolute Gasteiger partial charge is 0.490 e. The molecule has 2 rings (SSSR count). The van der Waals surface area contributed by atoms with Crippen LogP contribution in [0.3, 0.4) is 0 Å². The number of carbonyl (C=O) groups is 1. The Balaban J connectivity index is 2.04. The van der Waals surface area contributed by atoms with Crippen LogP contribution >= 0.6 is 0 Å². The average Bonchev–Trinajstić information content (AvgIpc) is 2.70. The highest BCUT2D eigenvalue weighted by atomic mass is 16.5. The highest BCUT2D eigenvalue weighted by molar-refractivity contribution is 6.02. The van der Waals surface area contributed by atoms with Crippen molar-refractivity contribution in [2.45, 2.75) is 32.6 Å². The zero-order chi connectivity index (χ0) is 18.6. The highest BCUT2D eigenvalue weighted by Gasteiger charge is 2.07. The first kappa shape index (κ1) is 19.4. The van der Waals surface area contributed by atoms with E-state index in [4.69, 9.17) is 4.74 Å². The number of rotatable bonds is 10. The predicted molar refractivity (Wildman–Crippen MR) is 107 cm³/mol. The van der Waals surface area contributed by atoms with Gasteiger partial charge in [-0.3, -0.25) is 4.79 Å². The van der Waals surface area contributed by atoms with Gasteiger partial charge in [0.05, 0.1) is 5.71 Å². The molecule has 0 saturated carbocycles. The van der Waals surface area contributed by atoms with E-state index in [1.807, 2.05) is 30.3 Å². The number of hydrogen-bond donors (Lipinski definition) is 1. The minimum Gasteiger partial charge on any atom is -0.490 e. The maximum atomic E-state index is 12.4. The average molecular weight is 350 g/mol. The van der Waals surface area contributed by atoms with Gasteiger partial charge in [-0.1, -0.05) is 62.8 Å². The van der Waals surface area contributed by atoms with Crippen LogP contribution in [0, 0.1) is 0 Å². The molecule has 0 radical (unpaired) electrons. The second-order valence-electron chi connectivity index (χ2n) is 5.95. The van der Waals surface area contributed by atoms with Crippen LogP contribution < -0.4 is 10.2 Å². The zero-order valence-electron chi connectivity index (χ0n) is 15.3. The van der Waals surface area contributed by atoms with Gasteiger partial charge in [-0.05, 0) is 42.7 Å². The number of carbonyl (C=O) groups excluding carboxylic acids is 1. The number of benzene rings is 2. The van der Waals surface area contributed by atoms with Crippen molar-refractivity contribution in [2.24, 2.45) is 5.10 Å². The van der Waals surface area contributed by atoms with E-state index in [2.05, 4.69) is 24.0 Å². The summed E-state index contributed by atoms with van der Waals surface area (Å²) >= 11 is 0. The van der Waals surface area contributed by atoms with Crippen molar-refractivity contribution >= 4 is 11.6 Å². The standard InChI is InChI=1S/C22H26N2O2/c1-3-5-7-12-21(18-10-8-6-9-11-18)23-24-22(25)19-13-15-20(16-14-19)26-17-4-2/h4,6,8-11,13-16H,2-3,5,7,12,17H2,1H3,(H,24,25). The van der Waals surface area contributed by atoms with Gasteiger partial charge in [0.2, 0.25) is 0 Å². The second-order valence-corrected chi connectivity index (χ2v) is 5.95. The zero-order valence-corrected chi connectivity index (χ0v) is 15.3. The van der Waals surface area contributed by atoms with Crippen LogP contribution in [-0.4, -0.2) is 18.2 Å². The normalized spacial score (nSPS) is 11.0. The predicted octanol–water partition coefficient (Wildman–Crippen LogP) is 4.97. The van der Waals surface area contributed by atoms with Crippen LogP contribution in [0.2, 0.25) is 0 Å². The third-order valence-electron chi connectivity index (χ3n) is 3.90. The molecule has 0 fully saturated rings. The van der Waals surface area contributed by atoms with Crippen molar-refractivity contribution in [3.8, 4) is 5.75 Å². The Kier molecular flexibility index (Phi) is 8.13. The molecule has 0 aliphatic heterocycles. The SMILES string of the molecule is C=CCOc1ccc(C(=O)NN=C(CCCCC)c2ccccc2)cc1. The lowest BCUT2D eigenvalue weighted by Crippen LogP contribution is -2.20. The van der Waals surface area contributed by atoms with Crippen LogP contribution in [0.15, 0.2) is 72.4 Å². The molecule has 4 nitrogen and oxygen atoms in total. The Morgan fingerprint density at radius 3 is 2.46 bits per heavy atom. The first-order valence-corrected chi connectivity index (χ1v) is 9.00. The summed E-state index contributed by atoms with van der Waals surface area (Å²) in [5, 5.41) is 4.39. The fourth-order valence-electron chi connectivity index (χ4n) is 2.48. The van der Waals surface area contributed by atoms with E-state index in [0.717, 1.165) is 37.0 Å². The fourth-order valence-corrected chi connectivity index (χ4v) is 2.48. The fraction of sp³-hybridized carbons (Fsp3) is 0.273. The minimum atomic E-state index is -0.232. The van der Waals surface area contributed by atoms with Crippen molar-refractivity contribution in [1.29, 1.82) is 0 Å². The smallest absolute Gasteiger partial charge is 0.271 e. The van der Waals surface area contributed by atoms with Crippen LogP contribution in [-0.2, 0) is 0 Å². The molecule has 0 saturated heterocycles. The Hall–Kier alpha value is -2.88. The summed E-state index contributed by atoms with van der Waals surface area (Å²) in [5.41, 5.74) is 5.16. The van der Waals surface area contributed by atoms with Crippen LogP contribution in [0.4, 0.5) is 0 Å². The van der Waals surface area contributed by atoms with Gasteiger partial charge in [0.1, 0.15) is 12.4 Å². The number of amides is 1. The summed E-state index contributed by atoms with van der Waals surface area (Å²) in [7, 11) is 0. The Labute approximate surface area is 155 Å². The molecule has 1 N–H and O–H groups in total. The molecule has 0 spiro atoms. The summed E-state index contributed by atoms with van der Waals surface area (Å²) in [6.07, 6.45) is 5.86. The molecule has 0 aromatic heterocycles. The van der Waals surface area contributed by atoms with Gasteiger partial charge in [-0.2, -0.15) is 5.10 Å². The number of nitrogens with zero attached hydrogens (tertiary/aromatic N) is 1. The third kappa shape index (κ3) is 6.20. The Morgan fingerprint density at radius 1 is 1.08 bits per heavy atom. The molecule has 0 atom stereocenters. The molecule has 0 bridgehead atoms. The van der Waals surface area contributed by atoms with Crippen molar-refractivity contribution in [2.75, 3.05) is 6.61 Å². The molecule has 136 valence electrons. The van der Waals surface area contributed by atoms with Gasteiger partial charge in [0.15, 0.2) is 0 Å². The van der Waals surface area contributed by atoms with E-state index in [9.17, 15) is 4.79 Å². The summed E-state index contributed by atoms with van der Waals surface area (Å²) in [4.78, 5) is 12.4. The number of ether oxygens (including phenoxy) is 1. The lowest BCUT2D eigenvalue weighted by Gasteiger charge is -2.08. The summed E-state index contributed by atoms with van der Waals surface area (Å²) in [6, 6.07) is 16.9. The summed E-state index contributed by atoms with van der Waals surface area (Å²) in [6.45, 7) is 6.22. The first-order chi connectivity index (χ1) is 12.7. The quantitative estimate of drug-likeness (QED) is 0.285. The minimum absolute atomic E-state index is 0.232. The number of unbranched alkanes of at least 4 members (excludes halogenated alkanes) is 2. The van der Waals surface area contributed by atoms with Crippen molar-refractivity contribution in [3.05, 3.63) is 78.4 Å². The van der Waals surface area contributed by atoms with Crippen LogP contribution in [0.5, 0.6) is 5.75 Å². The van der Waals surface area contributed by atoms with Gasteiger partial charge in [-0.25, -0.2) is 5.43 Å². The first-order valence-electron chi connectivity index (χ1n) is 9.00. The summed E-state index contributed by atoms with van der Waals surface area (Å²) in [5.74, 6) is 0.471. The van der Waals surface area contributed by atoms with E-state index in [0.29, 0.717) is 17.9 Å². The molecule has 4 heteroatoms. The number of hydrogen-bond acceptors (Lipinski definition) is 3. The molecular weight excluding hydrogens is 324 g/mol. The molecular formula is C22H26N2O2. The number of hydrazone groups is 1. The molecule has 26 heavy (non-hydrogen) atoms. The monoisotopic (exact) mass is 350 g/mol. The Morgan fingerprint density at radius 2 is 1.81 bits per heavy atom. The lowest BCUT2D eigenvalue weighted by atomic mass is 10.0. The van der Waals surface area contributed by atoms with Gasteiger partial charge in [-0.15, -0.1) is 0 Å². The second kappa shape index (κ2) is 10.9.